The molecule has 0 aliphatic heterocycles. The molecule has 1 aromatic carbocycles. The monoisotopic (exact) mass is 244 g/mol. The molecule has 13 heavy (non-hydrogen) atoms. The van der Waals surface area contributed by atoms with Crippen LogP contribution in [0.4, 0.5) is 0 Å². The zero-order valence-corrected chi connectivity index (χ0v) is 8.88. The highest BCUT2D eigenvalue weighted by Gasteiger charge is 2.16. The van der Waals surface area contributed by atoms with E-state index in [4.69, 9.17) is 9.84 Å². The van der Waals surface area contributed by atoms with Crippen molar-refractivity contribution in [3.63, 3.8) is 0 Å². The van der Waals surface area contributed by atoms with E-state index in [1.54, 1.807) is 12.1 Å². The van der Waals surface area contributed by atoms with Crippen molar-refractivity contribution in [3.8, 4) is 5.75 Å². The molecule has 4 heteroatoms. The van der Waals surface area contributed by atoms with Gasteiger partial charge in [-0.25, -0.2) is 4.79 Å². The van der Waals surface area contributed by atoms with E-state index < -0.39 is 5.97 Å². The van der Waals surface area contributed by atoms with E-state index in [0.717, 1.165) is 5.56 Å². The molecule has 0 amide bonds. The smallest absolute Gasteiger partial charge is 0.340 e. The molecular weight excluding hydrogens is 236 g/mol. The molecule has 0 aliphatic carbocycles. The predicted molar refractivity (Wildman–Crippen MR) is 52.4 cm³/mol. The summed E-state index contributed by atoms with van der Waals surface area (Å²) in [6.45, 7) is 1.83. The van der Waals surface area contributed by atoms with Gasteiger partial charge in [0.1, 0.15) is 11.3 Å². The quantitative estimate of drug-likeness (QED) is 0.870. The summed E-state index contributed by atoms with van der Waals surface area (Å²) in [7, 11) is 1.45. The fourth-order valence-corrected chi connectivity index (χ4v) is 1.53. The van der Waals surface area contributed by atoms with Crippen LogP contribution in [0, 0.1) is 6.92 Å². The van der Waals surface area contributed by atoms with Gasteiger partial charge in [-0.2, -0.15) is 0 Å². The number of methoxy groups -OCH3 is 1. The highest BCUT2D eigenvalue weighted by atomic mass is 79.9. The summed E-state index contributed by atoms with van der Waals surface area (Å²) in [6, 6.07) is 3.44. The second-order valence-corrected chi connectivity index (χ2v) is 3.37. The van der Waals surface area contributed by atoms with Gasteiger partial charge in [0.05, 0.1) is 7.11 Å². The van der Waals surface area contributed by atoms with Crippen molar-refractivity contribution in [2.45, 2.75) is 6.92 Å². The Kier molecular flexibility index (Phi) is 2.93. The summed E-state index contributed by atoms with van der Waals surface area (Å²) in [5.74, 6) is -0.627. The largest absolute Gasteiger partial charge is 0.496 e. The third-order valence-corrected chi connectivity index (χ3v) is 2.75. The van der Waals surface area contributed by atoms with Crippen LogP contribution in [0.1, 0.15) is 15.9 Å². The number of hydrogen-bond donors (Lipinski definition) is 1. The van der Waals surface area contributed by atoms with Gasteiger partial charge >= 0.3 is 5.97 Å². The first-order valence-corrected chi connectivity index (χ1v) is 4.43. The van der Waals surface area contributed by atoms with Gasteiger partial charge in [0.2, 0.25) is 0 Å². The Balaban J connectivity index is 3.41. The Morgan fingerprint density at radius 2 is 2.15 bits per heavy atom. The maximum Gasteiger partial charge on any atom is 0.340 e. The molecular formula is C9H9BrO3. The number of hydrogen-bond acceptors (Lipinski definition) is 2. The lowest BCUT2D eigenvalue weighted by molar-refractivity contribution is 0.0692. The normalized spacial score (nSPS) is 9.77. The van der Waals surface area contributed by atoms with Crippen molar-refractivity contribution < 1.29 is 14.6 Å². The molecule has 0 fully saturated rings. The second-order valence-electron chi connectivity index (χ2n) is 2.58. The molecule has 0 bridgehead atoms. The van der Waals surface area contributed by atoms with Gasteiger partial charge in [-0.15, -0.1) is 0 Å². The Morgan fingerprint density at radius 1 is 1.54 bits per heavy atom. The average Bonchev–Trinajstić information content (AvgIpc) is 2.08. The third kappa shape index (κ3) is 1.83. The van der Waals surface area contributed by atoms with E-state index in [1.807, 2.05) is 6.92 Å². The number of carboxylic acid groups (broad SMARTS) is 1. The molecule has 0 saturated heterocycles. The van der Waals surface area contributed by atoms with Crippen molar-refractivity contribution >= 4 is 21.9 Å². The molecule has 0 unspecified atom stereocenters. The Labute approximate surface area is 84.5 Å². The van der Waals surface area contributed by atoms with Crippen LogP contribution < -0.4 is 4.74 Å². The van der Waals surface area contributed by atoms with Crippen molar-refractivity contribution in [1.82, 2.24) is 0 Å². The van der Waals surface area contributed by atoms with Crippen LogP contribution in [0.25, 0.3) is 0 Å². The predicted octanol–water partition coefficient (Wildman–Crippen LogP) is 2.46. The Hall–Kier alpha value is -1.03. The van der Waals surface area contributed by atoms with Crippen LogP contribution in [-0.4, -0.2) is 18.2 Å². The van der Waals surface area contributed by atoms with Crippen LogP contribution in [0.3, 0.4) is 0 Å². The molecule has 1 aromatic rings. The molecule has 0 atom stereocenters. The van der Waals surface area contributed by atoms with Crippen LogP contribution in [-0.2, 0) is 0 Å². The summed E-state index contributed by atoms with van der Waals surface area (Å²) in [5.41, 5.74) is 1.04. The molecule has 0 radical (unpaired) electrons. The highest BCUT2D eigenvalue weighted by molar-refractivity contribution is 9.10. The summed E-state index contributed by atoms with van der Waals surface area (Å²) in [4.78, 5) is 10.8. The van der Waals surface area contributed by atoms with Crippen LogP contribution in [0.5, 0.6) is 5.75 Å². The van der Waals surface area contributed by atoms with Gasteiger partial charge < -0.3 is 9.84 Å². The van der Waals surface area contributed by atoms with E-state index >= 15 is 0 Å². The van der Waals surface area contributed by atoms with Gasteiger partial charge in [0.15, 0.2) is 0 Å². The van der Waals surface area contributed by atoms with Gasteiger partial charge in [0, 0.05) is 4.47 Å². The minimum atomic E-state index is -0.993. The van der Waals surface area contributed by atoms with Crippen LogP contribution in [0.15, 0.2) is 16.6 Å². The number of rotatable bonds is 2. The van der Waals surface area contributed by atoms with Crippen molar-refractivity contribution in [3.05, 3.63) is 27.7 Å². The number of aromatic carboxylic acids is 1. The molecule has 3 nitrogen and oxygen atoms in total. The average molecular weight is 245 g/mol. The van der Waals surface area contributed by atoms with Crippen LogP contribution >= 0.6 is 15.9 Å². The number of carboxylic acids is 1. The lowest BCUT2D eigenvalue weighted by atomic mass is 10.1. The fraction of sp³-hybridized carbons (Fsp3) is 0.222. The maximum absolute atomic E-state index is 10.8. The minimum Gasteiger partial charge on any atom is -0.496 e. The molecule has 1 rings (SSSR count). The van der Waals surface area contributed by atoms with E-state index in [0.29, 0.717) is 10.2 Å². The summed E-state index contributed by atoms with van der Waals surface area (Å²) >= 11 is 3.21. The first-order chi connectivity index (χ1) is 6.07. The third-order valence-electron chi connectivity index (χ3n) is 1.73. The van der Waals surface area contributed by atoms with Crippen molar-refractivity contribution in [2.75, 3.05) is 7.11 Å². The number of benzene rings is 1. The summed E-state index contributed by atoms with van der Waals surface area (Å²) in [5, 5.41) is 8.89. The number of aryl methyl sites for hydroxylation is 1. The Morgan fingerprint density at radius 3 is 2.62 bits per heavy atom. The van der Waals surface area contributed by atoms with Gasteiger partial charge in [-0.3, -0.25) is 0 Å². The summed E-state index contributed by atoms with van der Waals surface area (Å²) < 4.78 is 5.50. The molecule has 0 aliphatic rings. The Bertz CT molecular complexity index is 347. The zero-order valence-electron chi connectivity index (χ0n) is 7.30. The standard InChI is InChI=1S/C9H9BrO3/c1-5-3-4-6(13-2)7(8(5)10)9(11)12/h3-4H,1-2H3,(H,11,12). The number of ether oxygens (including phenoxy) is 1. The molecule has 70 valence electrons. The zero-order chi connectivity index (χ0) is 10.0. The molecule has 0 spiro atoms. The fourth-order valence-electron chi connectivity index (χ4n) is 1.03. The van der Waals surface area contributed by atoms with Gasteiger partial charge in [-0.05, 0) is 34.5 Å². The topological polar surface area (TPSA) is 46.5 Å². The second kappa shape index (κ2) is 3.79. The SMILES string of the molecule is COc1ccc(C)c(Br)c1C(=O)O. The molecule has 1 N–H and O–H groups in total. The number of carbonyl (C=O) groups is 1. The number of halogens is 1. The van der Waals surface area contributed by atoms with E-state index in [-0.39, 0.29) is 5.56 Å². The maximum atomic E-state index is 10.8. The van der Waals surface area contributed by atoms with E-state index in [1.165, 1.54) is 7.11 Å². The first kappa shape index (κ1) is 10.1. The van der Waals surface area contributed by atoms with E-state index in [9.17, 15) is 4.79 Å². The molecule has 0 saturated carbocycles. The summed E-state index contributed by atoms with van der Waals surface area (Å²) in [6.07, 6.45) is 0. The van der Waals surface area contributed by atoms with Gasteiger partial charge in [-0.1, -0.05) is 6.07 Å². The molecule has 0 aromatic heterocycles. The van der Waals surface area contributed by atoms with Gasteiger partial charge in [0.25, 0.3) is 0 Å². The van der Waals surface area contributed by atoms with Crippen molar-refractivity contribution in [2.24, 2.45) is 0 Å². The lowest BCUT2D eigenvalue weighted by Gasteiger charge is -2.08. The highest BCUT2D eigenvalue weighted by Crippen LogP contribution is 2.29. The van der Waals surface area contributed by atoms with Crippen molar-refractivity contribution in [1.29, 1.82) is 0 Å². The lowest BCUT2D eigenvalue weighted by Crippen LogP contribution is -2.02. The molecule has 0 heterocycles. The first-order valence-electron chi connectivity index (χ1n) is 3.64. The van der Waals surface area contributed by atoms with E-state index in [2.05, 4.69) is 15.9 Å². The van der Waals surface area contributed by atoms with Crippen LogP contribution in [0.2, 0.25) is 0 Å². The minimum absolute atomic E-state index is 0.169.